The number of amides is 3. The Morgan fingerprint density at radius 1 is 0.969 bits per heavy atom. The van der Waals surface area contributed by atoms with Gasteiger partial charge in [-0.25, -0.2) is 4.79 Å². The van der Waals surface area contributed by atoms with Gasteiger partial charge in [0.1, 0.15) is 11.5 Å². The highest BCUT2D eigenvalue weighted by Gasteiger charge is 2.33. The molecule has 2 fully saturated rings. The van der Waals surface area contributed by atoms with Gasteiger partial charge in [0.15, 0.2) is 0 Å². The van der Waals surface area contributed by atoms with Crippen molar-refractivity contribution in [2.75, 3.05) is 56.2 Å². The molecule has 170 valence electrons. The van der Waals surface area contributed by atoms with E-state index in [2.05, 4.69) is 10.2 Å². The molecule has 0 saturated carbocycles. The summed E-state index contributed by atoms with van der Waals surface area (Å²) in [6.45, 7) is 5.82. The summed E-state index contributed by atoms with van der Waals surface area (Å²) in [5.41, 5.74) is 1.95. The van der Waals surface area contributed by atoms with Crippen molar-refractivity contribution < 1.29 is 19.1 Å². The number of ether oxygens (including phenoxy) is 2. The zero-order chi connectivity index (χ0) is 22.5. The summed E-state index contributed by atoms with van der Waals surface area (Å²) < 4.78 is 10.7. The lowest BCUT2D eigenvalue weighted by atomic mass is 10.2. The summed E-state index contributed by atoms with van der Waals surface area (Å²) in [7, 11) is 1.65. The van der Waals surface area contributed by atoms with E-state index in [4.69, 9.17) is 9.47 Å². The van der Waals surface area contributed by atoms with Gasteiger partial charge >= 0.3 is 6.03 Å². The van der Waals surface area contributed by atoms with Crippen molar-refractivity contribution in [2.45, 2.75) is 19.4 Å². The smallest absolute Gasteiger partial charge is 0.317 e. The molecule has 3 amide bonds. The predicted molar refractivity (Wildman–Crippen MR) is 124 cm³/mol. The first-order chi connectivity index (χ1) is 15.6. The normalized spacial score (nSPS) is 18.6. The lowest BCUT2D eigenvalue weighted by Gasteiger charge is -2.36. The number of nitrogens with zero attached hydrogens (tertiary/aromatic N) is 3. The third-order valence-electron chi connectivity index (χ3n) is 5.92. The number of hydrogen-bond acceptors (Lipinski definition) is 5. The molecule has 0 radical (unpaired) electrons. The Morgan fingerprint density at radius 3 is 2.22 bits per heavy atom. The standard InChI is InChI=1S/C24H30N4O4/c1-3-32-22-10-6-20(7-11-22)28-17-18(16-23(28)29)25-24(30)27-14-12-26(13-15-27)19-4-8-21(31-2)9-5-19/h4-11,18H,3,12-17H2,1-2H3,(H,25,30). The van der Waals surface area contributed by atoms with Crippen molar-refractivity contribution in [2.24, 2.45) is 0 Å². The van der Waals surface area contributed by atoms with Gasteiger partial charge in [-0.05, 0) is 55.5 Å². The fourth-order valence-corrected chi connectivity index (χ4v) is 4.17. The van der Waals surface area contributed by atoms with Crippen molar-refractivity contribution in [3.05, 3.63) is 48.5 Å². The first-order valence-electron chi connectivity index (χ1n) is 11.0. The lowest BCUT2D eigenvalue weighted by molar-refractivity contribution is -0.117. The highest BCUT2D eigenvalue weighted by Crippen LogP contribution is 2.25. The van der Waals surface area contributed by atoms with Gasteiger partial charge in [-0.2, -0.15) is 0 Å². The van der Waals surface area contributed by atoms with Crippen molar-refractivity contribution in [3.8, 4) is 11.5 Å². The summed E-state index contributed by atoms with van der Waals surface area (Å²) in [5, 5.41) is 3.04. The number of carbonyl (C=O) groups is 2. The van der Waals surface area contributed by atoms with Crippen LogP contribution >= 0.6 is 0 Å². The molecule has 1 N–H and O–H groups in total. The molecule has 2 saturated heterocycles. The zero-order valence-electron chi connectivity index (χ0n) is 18.6. The van der Waals surface area contributed by atoms with Crippen LogP contribution in [0.25, 0.3) is 0 Å². The largest absolute Gasteiger partial charge is 0.497 e. The molecule has 32 heavy (non-hydrogen) atoms. The number of carbonyl (C=O) groups excluding carboxylic acids is 2. The van der Waals surface area contributed by atoms with Crippen molar-refractivity contribution in [1.82, 2.24) is 10.2 Å². The molecule has 8 heteroatoms. The van der Waals surface area contributed by atoms with Gasteiger partial charge in [-0.1, -0.05) is 0 Å². The molecule has 2 aliphatic rings. The van der Waals surface area contributed by atoms with E-state index in [1.807, 2.05) is 60.4 Å². The van der Waals surface area contributed by atoms with E-state index in [9.17, 15) is 9.59 Å². The average molecular weight is 439 g/mol. The molecule has 2 aromatic rings. The molecule has 8 nitrogen and oxygen atoms in total. The van der Waals surface area contributed by atoms with Crippen molar-refractivity contribution in [1.29, 1.82) is 0 Å². The average Bonchev–Trinajstić information content (AvgIpc) is 3.19. The first kappa shape index (κ1) is 21.8. The number of piperazine rings is 1. The SMILES string of the molecule is CCOc1ccc(N2CC(NC(=O)N3CCN(c4ccc(OC)cc4)CC3)CC2=O)cc1. The number of rotatable bonds is 6. The maximum absolute atomic E-state index is 12.8. The van der Waals surface area contributed by atoms with Crippen LogP contribution in [-0.4, -0.2) is 69.3 Å². The monoisotopic (exact) mass is 438 g/mol. The number of hydrogen-bond donors (Lipinski definition) is 1. The summed E-state index contributed by atoms with van der Waals surface area (Å²) >= 11 is 0. The molecule has 2 aromatic carbocycles. The van der Waals surface area contributed by atoms with E-state index in [0.29, 0.717) is 32.7 Å². The molecular weight excluding hydrogens is 408 g/mol. The Balaban J connectivity index is 1.27. The van der Waals surface area contributed by atoms with Crippen molar-refractivity contribution in [3.63, 3.8) is 0 Å². The van der Waals surface area contributed by atoms with Gasteiger partial charge in [-0.3, -0.25) is 4.79 Å². The third kappa shape index (κ3) is 4.90. The molecule has 4 rings (SSSR count). The molecule has 0 bridgehead atoms. The number of nitrogens with one attached hydrogen (secondary N) is 1. The fourth-order valence-electron chi connectivity index (χ4n) is 4.17. The molecule has 2 heterocycles. The fraction of sp³-hybridized carbons (Fsp3) is 0.417. The molecule has 1 unspecified atom stereocenters. The van der Waals surface area contributed by atoms with Crippen molar-refractivity contribution >= 4 is 23.3 Å². The zero-order valence-corrected chi connectivity index (χ0v) is 18.6. The maximum atomic E-state index is 12.8. The second-order valence-electron chi connectivity index (χ2n) is 7.95. The first-order valence-corrected chi connectivity index (χ1v) is 11.0. The number of benzene rings is 2. The Bertz CT molecular complexity index is 924. The Labute approximate surface area is 188 Å². The van der Waals surface area contributed by atoms with Gasteiger partial charge < -0.3 is 29.5 Å². The van der Waals surface area contributed by atoms with Gasteiger partial charge in [0.2, 0.25) is 5.91 Å². The van der Waals surface area contributed by atoms with E-state index in [1.165, 1.54) is 0 Å². The quantitative estimate of drug-likeness (QED) is 0.751. The van der Waals surface area contributed by atoms with Crippen LogP contribution in [0, 0.1) is 0 Å². The Kier molecular flexibility index (Phi) is 6.68. The maximum Gasteiger partial charge on any atom is 0.317 e. The minimum atomic E-state index is -0.193. The van der Waals surface area contributed by atoms with Crippen LogP contribution < -0.4 is 24.6 Å². The molecule has 1 atom stereocenters. The van der Waals surface area contributed by atoms with Crippen LogP contribution in [0.2, 0.25) is 0 Å². The second-order valence-corrected chi connectivity index (χ2v) is 7.95. The van der Waals surface area contributed by atoms with Crippen LogP contribution in [0.4, 0.5) is 16.2 Å². The highest BCUT2D eigenvalue weighted by molar-refractivity contribution is 5.96. The lowest BCUT2D eigenvalue weighted by Crippen LogP contribution is -2.53. The number of urea groups is 1. The summed E-state index contributed by atoms with van der Waals surface area (Å²) in [6.07, 6.45) is 0.310. The number of anilines is 2. The summed E-state index contributed by atoms with van der Waals surface area (Å²) in [4.78, 5) is 31.1. The van der Waals surface area contributed by atoms with Crippen LogP contribution in [0.3, 0.4) is 0 Å². The van der Waals surface area contributed by atoms with Gasteiger partial charge in [0.05, 0.1) is 19.8 Å². The second kappa shape index (κ2) is 9.80. The van der Waals surface area contributed by atoms with Crippen LogP contribution in [0.15, 0.2) is 48.5 Å². The highest BCUT2D eigenvalue weighted by atomic mass is 16.5. The minimum absolute atomic E-state index is 0.0174. The summed E-state index contributed by atoms with van der Waals surface area (Å²) in [6, 6.07) is 15.1. The van der Waals surface area contributed by atoms with E-state index < -0.39 is 0 Å². The van der Waals surface area contributed by atoms with Crippen LogP contribution in [-0.2, 0) is 4.79 Å². The third-order valence-corrected chi connectivity index (χ3v) is 5.92. The van der Waals surface area contributed by atoms with E-state index in [1.54, 1.807) is 12.0 Å². The predicted octanol–water partition coefficient (Wildman–Crippen LogP) is 2.73. The summed E-state index contributed by atoms with van der Waals surface area (Å²) in [5.74, 6) is 1.63. The Morgan fingerprint density at radius 2 is 1.59 bits per heavy atom. The van der Waals surface area contributed by atoms with E-state index in [-0.39, 0.29) is 18.0 Å². The van der Waals surface area contributed by atoms with Crippen LogP contribution in [0.1, 0.15) is 13.3 Å². The molecular formula is C24H30N4O4. The van der Waals surface area contributed by atoms with Gasteiger partial charge in [0.25, 0.3) is 0 Å². The molecule has 0 spiro atoms. The minimum Gasteiger partial charge on any atom is -0.497 e. The van der Waals surface area contributed by atoms with Gasteiger partial charge in [-0.15, -0.1) is 0 Å². The Hall–Kier alpha value is -3.42. The van der Waals surface area contributed by atoms with Gasteiger partial charge in [0, 0.05) is 50.5 Å². The number of methoxy groups -OCH3 is 1. The molecule has 2 aliphatic heterocycles. The van der Waals surface area contributed by atoms with Crippen LogP contribution in [0.5, 0.6) is 11.5 Å². The molecule has 0 aliphatic carbocycles. The van der Waals surface area contributed by atoms with E-state index in [0.717, 1.165) is 36.0 Å². The molecule has 0 aromatic heterocycles. The topological polar surface area (TPSA) is 74.3 Å². The van der Waals surface area contributed by atoms with E-state index >= 15 is 0 Å².